The molecule has 1 heteroatoms. The standard InChI is InChI=1S/C17H19N/c18-12-17(14-5-2-1-3-6-14)16-10-9-13-7-4-8-15(13)11-16/h1-3,5-6,9-11,17H,4,7-8,12,18H2. The second-order valence-electron chi connectivity index (χ2n) is 5.08. The summed E-state index contributed by atoms with van der Waals surface area (Å²) in [5.41, 5.74) is 11.7. The number of nitrogens with two attached hydrogens (primary N) is 1. The number of rotatable bonds is 3. The summed E-state index contributed by atoms with van der Waals surface area (Å²) in [6.07, 6.45) is 3.78. The van der Waals surface area contributed by atoms with Crippen LogP contribution in [0.4, 0.5) is 0 Å². The van der Waals surface area contributed by atoms with E-state index in [1.807, 2.05) is 0 Å². The van der Waals surface area contributed by atoms with Crippen LogP contribution in [0.15, 0.2) is 48.5 Å². The molecule has 0 radical (unpaired) electrons. The van der Waals surface area contributed by atoms with Crippen molar-refractivity contribution in [3.05, 3.63) is 70.8 Å². The number of hydrogen-bond acceptors (Lipinski definition) is 1. The first-order chi connectivity index (χ1) is 8.88. The van der Waals surface area contributed by atoms with E-state index in [9.17, 15) is 0 Å². The molecule has 1 aliphatic rings. The Bertz CT molecular complexity index is 531. The number of benzene rings is 2. The molecule has 2 aromatic carbocycles. The highest BCUT2D eigenvalue weighted by atomic mass is 14.5. The first kappa shape index (κ1) is 11.5. The Morgan fingerprint density at radius 1 is 0.889 bits per heavy atom. The maximum atomic E-state index is 5.98. The van der Waals surface area contributed by atoms with Crippen molar-refractivity contribution in [2.75, 3.05) is 6.54 Å². The van der Waals surface area contributed by atoms with Gasteiger partial charge in [-0.25, -0.2) is 0 Å². The van der Waals surface area contributed by atoms with E-state index in [0.29, 0.717) is 12.5 Å². The lowest BCUT2D eigenvalue weighted by Crippen LogP contribution is -2.14. The van der Waals surface area contributed by atoms with Crippen LogP contribution in [-0.2, 0) is 12.8 Å². The molecule has 0 saturated carbocycles. The fourth-order valence-corrected chi connectivity index (χ4v) is 2.96. The van der Waals surface area contributed by atoms with Crippen LogP contribution in [-0.4, -0.2) is 6.54 Å². The Labute approximate surface area is 109 Å². The topological polar surface area (TPSA) is 26.0 Å². The zero-order valence-corrected chi connectivity index (χ0v) is 10.6. The van der Waals surface area contributed by atoms with Gasteiger partial charge >= 0.3 is 0 Å². The van der Waals surface area contributed by atoms with Crippen LogP contribution < -0.4 is 5.73 Å². The van der Waals surface area contributed by atoms with Crippen molar-refractivity contribution in [2.45, 2.75) is 25.2 Å². The number of hydrogen-bond donors (Lipinski definition) is 1. The van der Waals surface area contributed by atoms with Gasteiger partial charge in [-0.2, -0.15) is 0 Å². The van der Waals surface area contributed by atoms with Gasteiger partial charge in [0.1, 0.15) is 0 Å². The van der Waals surface area contributed by atoms with Gasteiger partial charge in [-0.05, 0) is 41.5 Å². The molecule has 0 saturated heterocycles. The van der Waals surface area contributed by atoms with Crippen molar-refractivity contribution in [1.29, 1.82) is 0 Å². The van der Waals surface area contributed by atoms with Gasteiger partial charge in [0.05, 0.1) is 0 Å². The van der Waals surface area contributed by atoms with Crippen LogP contribution in [0.2, 0.25) is 0 Å². The molecule has 0 fully saturated rings. The van der Waals surface area contributed by atoms with E-state index < -0.39 is 0 Å². The third-order valence-electron chi connectivity index (χ3n) is 3.96. The number of aryl methyl sites for hydroxylation is 2. The quantitative estimate of drug-likeness (QED) is 0.871. The van der Waals surface area contributed by atoms with Crippen LogP contribution in [0.3, 0.4) is 0 Å². The molecule has 1 aliphatic carbocycles. The minimum Gasteiger partial charge on any atom is -0.330 e. The summed E-state index contributed by atoms with van der Waals surface area (Å²) < 4.78 is 0. The Hall–Kier alpha value is -1.60. The average molecular weight is 237 g/mol. The monoisotopic (exact) mass is 237 g/mol. The fraction of sp³-hybridized carbons (Fsp3) is 0.294. The van der Waals surface area contributed by atoms with E-state index in [4.69, 9.17) is 5.73 Å². The third-order valence-corrected chi connectivity index (χ3v) is 3.96. The Morgan fingerprint density at radius 2 is 1.67 bits per heavy atom. The second-order valence-corrected chi connectivity index (χ2v) is 5.08. The van der Waals surface area contributed by atoms with Crippen molar-refractivity contribution >= 4 is 0 Å². The van der Waals surface area contributed by atoms with Crippen molar-refractivity contribution in [1.82, 2.24) is 0 Å². The fourth-order valence-electron chi connectivity index (χ4n) is 2.96. The van der Waals surface area contributed by atoms with Gasteiger partial charge in [0.25, 0.3) is 0 Å². The van der Waals surface area contributed by atoms with Gasteiger partial charge in [-0.1, -0.05) is 48.5 Å². The summed E-state index contributed by atoms with van der Waals surface area (Å²) in [5.74, 6) is 0.331. The predicted molar refractivity (Wildman–Crippen MR) is 75.8 cm³/mol. The summed E-state index contributed by atoms with van der Waals surface area (Å²) >= 11 is 0. The molecule has 0 aliphatic heterocycles. The van der Waals surface area contributed by atoms with E-state index in [1.54, 1.807) is 0 Å². The maximum absolute atomic E-state index is 5.98. The van der Waals surface area contributed by atoms with E-state index in [0.717, 1.165) is 0 Å². The van der Waals surface area contributed by atoms with Crippen LogP contribution >= 0.6 is 0 Å². The highest BCUT2D eigenvalue weighted by molar-refractivity contribution is 5.40. The van der Waals surface area contributed by atoms with Crippen molar-refractivity contribution < 1.29 is 0 Å². The smallest absolute Gasteiger partial charge is 0.0212 e. The molecule has 0 spiro atoms. The third kappa shape index (κ3) is 2.06. The molecule has 1 nitrogen and oxygen atoms in total. The van der Waals surface area contributed by atoms with E-state index in [1.165, 1.54) is 41.5 Å². The summed E-state index contributed by atoms with van der Waals surface area (Å²) in [6, 6.07) is 17.5. The first-order valence-corrected chi connectivity index (χ1v) is 6.75. The molecule has 1 unspecified atom stereocenters. The molecule has 0 aromatic heterocycles. The largest absolute Gasteiger partial charge is 0.330 e. The summed E-state index contributed by atoms with van der Waals surface area (Å²) in [5, 5.41) is 0. The van der Waals surface area contributed by atoms with Crippen LogP contribution in [0.5, 0.6) is 0 Å². The molecular weight excluding hydrogens is 218 g/mol. The van der Waals surface area contributed by atoms with Gasteiger partial charge in [0.15, 0.2) is 0 Å². The Kier molecular flexibility index (Phi) is 3.16. The molecular formula is C17H19N. The zero-order valence-electron chi connectivity index (χ0n) is 10.6. The van der Waals surface area contributed by atoms with Gasteiger partial charge in [-0.3, -0.25) is 0 Å². The van der Waals surface area contributed by atoms with Gasteiger partial charge in [0.2, 0.25) is 0 Å². The van der Waals surface area contributed by atoms with E-state index in [-0.39, 0.29) is 0 Å². The van der Waals surface area contributed by atoms with E-state index in [2.05, 4.69) is 48.5 Å². The highest BCUT2D eigenvalue weighted by Crippen LogP contribution is 2.29. The molecule has 3 rings (SSSR count). The molecule has 1 atom stereocenters. The lowest BCUT2D eigenvalue weighted by molar-refractivity contribution is 0.817. The van der Waals surface area contributed by atoms with Gasteiger partial charge in [-0.15, -0.1) is 0 Å². The zero-order chi connectivity index (χ0) is 12.4. The minimum atomic E-state index is 0.331. The Morgan fingerprint density at radius 3 is 2.44 bits per heavy atom. The minimum absolute atomic E-state index is 0.331. The molecule has 0 amide bonds. The average Bonchev–Trinajstić information content (AvgIpc) is 2.88. The summed E-state index contributed by atoms with van der Waals surface area (Å²) in [6.45, 7) is 0.669. The molecule has 92 valence electrons. The van der Waals surface area contributed by atoms with Crippen molar-refractivity contribution in [2.24, 2.45) is 5.73 Å². The molecule has 18 heavy (non-hydrogen) atoms. The van der Waals surface area contributed by atoms with Crippen LogP contribution in [0.1, 0.15) is 34.6 Å². The van der Waals surface area contributed by atoms with Crippen molar-refractivity contribution in [3.8, 4) is 0 Å². The van der Waals surface area contributed by atoms with Crippen LogP contribution in [0, 0.1) is 0 Å². The second kappa shape index (κ2) is 4.95. The van der Waals surface area contributed by atoms with E-state index >= 15 is 0 Å². The lowest BCUT2D eigenvalue weighted by Gasteiger charge is -2.17. The highest BCUT2D eigenvalue weighted by Gasteiger charge is 2.16. The molecule has 0 heterocycles. The van der Waals surface area contributed by atoms with Crippen molar-refractivity contribution in [3.63, 3.8) is 0 Å². The SMILES string of the molecule is NCC(c1ccccc1)c1ccc2c(c1)CCC2. The lowest BCUT2D eigenvalue weighted by atomic mass is 9.89. The summed E-state index contributed by atoms with van der Waals surface area (Å²) in [4.78, 5) is 0. The molecule has 2 N–H and O–H groups in total. The maximum Gasteiger partial charge on any atom is 0.0212 e. The molecule has 2 aromatic rings. The summed E-state index contributed by atoms with van der Waals surface area (Å²) in [7, 11) is 0. The van der Waals surface area contributed by atoms with Gasteiger partial charge < -0.3 is 5.73 Å². The molecule has 0 bridgehead atoms. The predicted octanol–water partition coefficient (Wildman–Crippen LogP) is 3.27. The normalized spacial score (nSPS) is 15.4. The van der Waals surface area contributed by atoms with Gasteiger partial charge in [0, 0.05) is 12.5 Å². The van der Waals surface area contributed by atoms with Crippen LogP contribution in [0.25, 0.3) is 0 Å². The Balaban J connectivity index is 1.97. The number of fused-ring (bicyclic) bond motifs is 1. The first-order valence-electron chi connectivity index (χ1n) is 6.75.